The van der Waals surface area contributed by atoms with Gasteiger partial charge in [-0.2, -0.15) is 0 Å². The van der Waals surface area contributed by atoms with E-state index >= 15 is 0 Å². The van der Waals surface area contributed by atoms with Gasteiger partial charge in [-0.3, -0.25) is 0 Å². The van der Waals surface area contributed by atoms with Crippen molar-refractivity contribution in [1.82, 2.24) is 4.90 Å². The molecule has 0 aromatic heterocycles. The van der Waals surface area contributed by atoms with Crippen molar-refractivity contribution >= 4 is 20.6 Å². The Morgan fingerprint density at radius 2 is 1.58 bits per heavy atom. The van der Waals surface area contributed by atoms with E-state index in [0.717, 1.165) is 36.6 Å². The standard InChI is InChI=1S/C20H27NO2S/c22-24(23,17-8-2-7-16-21-14-5-1-6-15-21)20-13-9-11-18-10-3-4-12-19(18)20/h3-4,9-13H,1-2,5-8,14-17H2. The number of benzene rings is 2. The maximum atomic E-state index is 12.7. The van der Waals surface area contributed by atoms with Gasteiger partial charge in [0.15, 0.2) is 9.84 Å². The van der Waals surface area contributed by atoms with Crippen LogP contribution in [0.4, 0.5) is 0 Å². The minimum Gasteiger partial charge on any atom is -0.303 e. The third-order valence-corrected chi connectivity index (χ3v) is 6.77. The van der Waals surface area contributed by atoms with Crippen molar-refractivity contribution in [1.29, 1.82) is 0 Å². The first-order valence-corrected chi connectivity index (χ1v) is 10.7. The van der Waals surface area contributed by atoms with E-state index in [1.54, 1.807) is 6.07 Å². The van der Waals surface area contributed by atoms with Gasteiger partial charge in [0.1, 0.15) is 0 Å². The first-order valence-electron chi connectivity index (χ1n) is 9.10. The van der Waals surface area contributed by atoms with Crippen molar-refractivity contribution < 1.29 is 8.42 Å². The Kier molecular flexibility index (Phi) is 5.90. The number of unbranched alkanes of at least 4 members (excludes halogenated alkanes) is 2. The molecule has 0 N–H and O–H groups in total. The van der Waals surface area contributed by atoms with Gasteiger partial charge in [-0.1, -0.05) is 49.2 Å². The van der Waals surface area contributed by atoms with E-state index in [2.05, 4.69) is 4.90 Å². The zero-order valence-corrected chi connectivity index (χ0v) is 15.1. The zero-order valence-electron chi connectivity index (χ0n) is 14.3. The van der Waals surface area contributed by atoms with Crippen LogP contribution in [0.15, 0.2) is 47.4 Å². The summed E-state index contributed by atoms with van der Waals surface area (Å²) in [5, 5.41) is 1.83. The van der Waals surface area contributed by atoms with Gasteiger partial charge in [-0.25, -0.2) is 8.42 Å². The second-order valence-corrected chi connectivity index (χ2v) is 8.84. The maximum Gasteiger partial charge on any atom is 0.178 e. The molecule has 0 atom stereocenters. The van der Waals surface area contributed by atoms with Gasteiger partial charge in [0.25, 0.3) is 0 Å². The molecule has 0 bridgehead atoms. The van der Waals surface area contributed by atoms with Crippen LogP contribution in [0.3, 0.4) is 0 Å². The largest absolute Gasteiger partial charge is 0.303 e. The number of piperidine rings is 1. The number of likely N-dealkylation sites (tertiary alicyclic amines) is 1. The van der Waals surface area contributed by atoms with Crippen molar-refractivity contribution in [2.75, 3.05) is 25.4 Å². The number of rotatable bonds is 7. The lowest BCUT2D eigenvalue weighted by atomic mass is 10.1. The Bertz CT molecular complexity index is 759. The topological polar surface area (TPSA) is 37.4 Å². The van der Waals surface area contributed by atoms with Crippen LogP contribution < -0.4 is 0 Å². The quantitative estimate of drug-likeness (QED) is 0.703. The second-order valence-electron chi connectivity index (χ2n) is 6.76. The van der Waals surface area contributed by atoms with Crippen LogP contribution in [0.25, 0.3) is 10.8 Å². The van der Waals surface area contributed by atoms with Crippen LogP contribution in [0.2, 0.25) is 0 Å². The molecule has 0 spiro atoms. The van der Waals surface area contributed by atoms with Gasteiger partial charge in [-0.15, -0.1) is 0 Å². The van der Waals surface area contributed by atoms with E-state index in [0.29, 0.717) is 4.90 Å². The van der Waals surface area contributed by atoms with E-state index in [-0.39, 0.29) is 5.75 Å². The predicted molar refractivity (Wildman–Crippen MR) is 100 cm³/mol. The highest BCUT2D eigenvalue weighted by Crippen LogP contribution is 2.24. The highest BCUT2D eigenvalue weighted by atomic mass is 32.2. The fraction of sp³-hybridized carbons (Fsp3) is 0.500. The second kappa shape index (κ2) is 8.13. The molecule has 1 fully saturated rings. The molecule has 0 saturated carbocycles. The molecule has 1 saturated heterocycles. The highest BCUT2D eigenvalue weighted by molar-refractivity contribution is 7.91. The van der Waals surface area contributed by atoms with Gasteiger partial charge < -0.3 is 4.90 Å². The lowest BCUT2D eigenvalue weighted by Crippen LogP contribution is -2.30. The first kappa shape index (κ1) is 17.4. The smallest absolute Gasteiger partial charge is 0.178 e. The lowest BCUT2D eigenvalue weighted by molar-refractivity contribution is 0.224. The molecule has 0 aliphatic carbocycles. The van der Waals surface area contributed by atoms with E-state index in [1.807, 2.05) is 36.4 Å². The molecule has 0 unspecified atom stereocenters. The summed E-state index contributed by atoms with van der Waals surface area (Å²) in [4.78, 5) is 3.00. The maximum absolute atomic E-state index is 12.7. The lowest BCUT2D eigenvalue weighted by Gasteiger charge is -2.26. The minimum atomic E-state index is -3.21. The average Bonchev–Trinajstić information content (AvgIpc) is 2.62. The van der Waals surface area contributed by atoms with Gasteiger partial charge in [-0.05, 0) is 56.8 Å². The molecule has 0 amide bonds. The Labute approximate surface area is 145 Å². The van der Waals surface area contributed by atoms with Crippen LogP contribution in [0.5, 0.6) is 0 Å². The van der Waals surface area contributed by atoms with Gasteiger partial charge in [0, 0.05) is 5.39 Å². The summed E-state index contributed by atoms with van der Waals surface area (Å²) < 4.78 is 25.4. The number of sulfone groups is 1. The van der Waals surface area contributed by atoms with E-state index in [9.17, 15) is 8.42 Å². The van der Waals surface area contributed by atoms with Crippen molar-refractivity contribution in [2.24, 2.45) is 0 Å². The molecule has 2 aromatic carbocycles. The Morgan fingerprint density at radius 3 is 2.42 bits per heavy atom. The van der Waals surface area contributed by atoms with Crippen LogP contribution in [0, 0.1) is 0 Å². The minimum absolute atomic E-state index is 0.251. The summed E-state index contributed by atoms with van der Waals surface area (Å²) in [7, 11) is -3.21. The summed E-state index contributed by atoms with van der Waals surface area (Å²) in [6, 6.07) is 13.3. The third kappa shape index (κ3) is 4.37. The third-order valence-electron chi connectivity index (χ3n) is 4.92. The Hall–Kier alpha value is -1.39. The monoisotopic (exact) mass is 345 g/mol. The first-order chi connectivity index (χ1) is 11.7. The normalized spacial score (nSPS) is 16.5. The van der Waals surface area contributed by atoms with E-state index < -0.39 is 9.84 Å². The SMILES string of the molecule is O=S(=O)(CCCCCN1CCCCC1)c1cccc2ccccc12. The molecule has 0 radical (unpaired) electrons. The van der Waals surface area contributed by atoms with Gasteiger partial charge >= 0.3 is 0 Å². The molecule has 1 aliphatic rings. The number of hydrogen-bond acceptors (Lipinski definition) is 3. The summed E-state index contributed by atoms with van der Waals surface area (Å²) >= 11 is 0. The summed E-state index contributed by atoms with van der Waals surface area (Å²) in [6.45, 7) is 3.55. The number of fused-ring (bicyclic) bond motifs is 1. The van der Waals surface area contributed by atoms with Gasteiger partial charge in [0.05, 0.1) is 10.6 Å². The predicted octanol–water partition coefficient (Wildman–Crippen LogP) is 4.27. The fourth-order valence-electron chi connectivity index (χ4n) is 3.56. The number of hydrogen-bond donors (Lipinski definition) is 0. The molecule has 3 rings (SSSR count). The number of nitrogens with zero attached hydrogens (tertiary/aromatic N) is 1. The molecule has 1 heterocycles. The fourth-order valence-corrected chi connectivity index (χ4v) is 5.18. The molecule has 4 heteroatoms. The van der Waals surface area contributed by atoms with Crippen LogP contribution >= 0.6 is 0 Å². The van der Waals surface area contributed by atoms with Crippen molar-refractivity contribution in [3.8, 4) is 0 Å². The van der Waals surface area contributed by atoms with Crippen molar-refractivity contribution in [3.05, 3.63) is 42.5 Å². The molecule has 2 aromatic rings. The molecule has 130 valence electrons. The van der Waals surface area contributed by atoms with Crippen molar-refractivity contribution in [2.45, 2.75) is 43.4 Å². The van der Waals surface area contributed by atoms with Gasteiger partial charge in [0.2, 0.25) is 0 Å². The van der Waals surface area contributed by atoms with E-state index in [1.165, 1.54) is 32.4 Å². The zero-order chi connectivity index (χ0) is 16.8. The Balaban J connectivity index is 1.54. The molecular formula is C20H27NO2S. The highest BCUT2D eigenvalue weighted by Gasteiger charge is 2.17. The molecule has 3 nitrogen and oxygen atoms in total. The van der Waals surface area contributed by atoms with Crippen LogP contribution in [0.1, 0.15) is 38.5 Å². The average molecular weight is 346 g/mol. The summed E-state index contributed by atoms with van der Waals surface area (Å²) in [5.41, 5.74) is 0. The molecule has 24 heavy (non-hydrogen) atoms. The van der Waals surface area contributed by atoms with Crippen LogP contribution in [-0.2, 0) is 9.84 Å². The Morgan fingerprint density at radius 1 is 0.833 bits per heavy atom. The van der Waals surface area contributed by atoms with E-state index in [4.69, 9.17) is 0 Å². The van der Waals surface area contributed by atoms with Crippen molar-refractivity contribution in [3.63, 3.8) is 0 Å². The summed E-state index contributed by atoms with van der Waals surface area (Å²) in [5.74, 6) is 0.251. The molecule has 1 aliphatic heterocycles. The molecular weight excluding hydrogens is 318 g/mol. The van der Waals surface area contributed by atoms with Crippen LogP contribution in [-0.4, -0.2) is 38.7 Å². The summed E-state index contributed by atoms with van der Waals surface area (Å²) in [6.07, 6.45) is 6.83.